The van der Waals surface area contributed by atoms with E-state index in [1.807, 2.05) is 51.1 Å². The van der Waals surface area contributed by atoms with Crippen LogP contribution in [0.4, 0.5) is 9.59 Å². The van der Waals surface area contributed by atoms with Crippen molar-refractivity contribution in [1.29, 1.82) is 0 Å². The zero-order valence-electron chi connectivity index (χ0n) is 23.8. The van der Waals surface area contributed by atoms with Gasteiger partial charge in [-0.1, -0.05) is 43.5 Å². The van der Waals surface area contributed by atoms with Gasteiger partial charge in [-0.25, -0.2) is 24.9 Å². The third-order valence-electron chi connectivity index (χ3n) is 5.93. The van der Waals surface area contributed by atoms with Gasteiger partial charge in [-0.3, -0.25) is 10.0 Å². The van der Waals surface area contributed by atoms with Crippen LogP contribution in [0.15, 0.2) is 59.6 Å². The van der Waals surface area contributed by atoms with Crippen LogP contribution in [0.3, 0.4) is 0 Å². The van der Waals surface area contributed by atoms with Gasteiger partial charge in [-0.15, -0.1) is 0 Å². The number of allylic oxidation sites excluding steroid dienone is 1. The van der Waals surface area contributed by atoms with Crippen LogP contribution in [0.25, 0.3) is 5.70 Å². The lowest BCUT2D eigenvalue weighted by atomic mass is 10.1. The zero-order chi connectivity index (χ0) is 28.7. The molecule has 3 amide bonds. The van der Waals surface area contributed by atoms with Gasteiger partial charge in [0.15, 0.2) is 0 Å². The fourth-order valence-electron chi connectivity index (χ4n) is 4.22. The van der Waals surface area contributed by atoms with E-state index < -0.39 is 23.4 Å². The first kappa shape index (κ1) is 30.6. The number of benzene rings is 1. The van der Waals surface area contributed by atoms with E-state index in [0.29, 0.717) is 37.3 Å². The lowest BCUT2D eigenvalue weighted by Crippen LogP contribution is -2.64. The summed E-state index contributed by atoms with van der Waals surface area (Å²) < 4.78 is 5.56. The standard InChI is InChI=1S/C28H43N7O3/c1-10-20(2)32-28(7,8)34(24(29)31-21(3)22-15-12-11-13-16-22)25(36)35(30-9)23-17-14-18-33(19-23)26(37)38-27(4,5)6/h10-13,15-16,23,30H,1,3,14,17-19H2,2,4-9H3,(H2,29,31). The van der Waals surface area contributed by atoms with Crippen LogP contribution in [0.1, 0.15) is 59.9 Å². The molecule has 0 bridgehead atoms. The number of hydrogen-bond donors (Lipinski definition) is 2. The Kier molecular flexibility index (Phi) is 10.2. The van der Waals surface area contributed by atoms with Gasteiger partial charge in [0.2, 0.25) is 5.96 Å². The molecule has 1 unspecified atom stereocenters. The third kappa shape index (κ3) is 8.17. The molecule has 38 heavy (non-hydrogen) atoms. The van der Waals surface area contributed by atoms with Crippen molar-refractivity contribution < 1.29 is 14.3 Å². The van der Waals surface area contributed by atoms with E-state index in [2.05, 4.69) is 28.6 Å². The molecule has 1 aromatic rings. The number of carbonyl (C=O) groups excluding carboxylic acids is 2. The quantitative estimate of drug-likeness (QED) is 0.306. The number of nitrogens with zero attached hydrogens (tertiary/aromatic N) is 5. The number of hydrogen-bond acceptors (Lipinski definition) is 6. The number of aliphatic imine (C=N–C) groups is 2. The van der Waals surface area contributed by atoms with E-state index in [4.69, 9.17) is 10.5 Å². The maximum atomic E-state index is 14.1. The van der Waals surface area contributed by atoms with E-state index in [-0.39, 0.29) is 12.0 Å². The van der Waals surface area contributed by atoms with Crippen molar-refractivity contribution in [3.8, 4) is 0 Å². The highest BCUT2D eigenvalue weighted by Crippen LogP contribution is 2.24. The van der Waals surface area contributed by atoms with Crippen LogP contribution < -0.4 is 11.2 Å². The average Bonchev–Trinajstić information content (AvgIpc) is 2.83. The van der Waals surface area contributed by atoms with Crippen molar-refractivity contribution in [3.63, 3.8) is 0 Å². The van der Waals surface area contributed by atoms with Crippen molar-refractivity contribution in [2.75, 3.05) is 20.1 Å². The van der Waals surface area contributed by atoms with Crippen LogP contribution in [0, 0.1) is 0 Å². The maximum absolute atomic E-state index is 14.1. The summed E-state index contributed by atoms with van der Waals surface area (Å²) in [5, 5.41) is 1.48. The van der Waals surface area contributed by atoms with E-state index in [1.165, 1.54) is 9.91 Å². The maximum Gasteiger partial charge on any atom is 0.410 e. The lowest BCUT2D eigenvalue weighted by molar-refractivity contribution is 0.00813. The number of guanidine groups is 1. The molecule has 10 heteroatoms. The highest BCUT2D eigenvalue weighted by Gasteiger charge is 2.40. The van der Waals surface area contributed by atoms with Gasteiger partial charge in [-0.05, 0) is 66.0 Å². The van der Waals surface area contributed by atoms with Gasteiger partial charge in [0, 0.05) is 25.8 Å². The number of rotatable bonds is 7. The summed E-state index contributed by atoms with van der Waals surface area (Å²) in [6.45, 7) is 19.5. The number of urea groups is 1. The molecule has 1 aliphatic rings. The Morgan fingerprint density at radius 2 is 1.84 bits per heavy atom. The van der Waals surface area contributed by atoms with Crippen LogP contribution in [0.2, 0.25) is 0 Å². The second-order valence-electron chi connectivity index (χ2n) is 10.7. The van der Waals surface area contributed by atoms with E-state index in [1.54, 1.807) is 38.8 Å². The second-order valence-corrected chi connectivity index (χ2v) is 10.7. The molecule has 0 aliphatic carbocycles. The molecule has 1 aromatic carbocycles. The number of ether oxygens (including phenoxy) is 1. The SMILES string of the molecule is C=CC(C)=NC(C)(C)N(C(=O)N(NC)C1CCCN(C(=O)OC(C)(C)C)C1)C(N)=NC(=C)c1ccccc1. The molecule has 0 saturated carbocycles. The summed E-state index contributed by atoms with van der Waals surface area (Å²) in [4.78, 5) is 39.0. The van der Waals surface area contributed by atoms with Gasteiger partial charge in [0.1, 0.15) is 11.3 Å². The highest BCUT2D eigenvalue weighted by atomic mass is 16.6. The molecule has 1 atom stereocenters. The molecule has 2 rings (SSSR count). The second kappa shape index (κ2) is 12.7. The summed E-state index contributed by atoms with van der Waals surface area (Å²) in [5.41, 5.74) is 9.57. The molecular formula is C28H43N7O3. The Bertz CT molecular complexity index is 1070. The van der Waals surface area contributed by atoms with Crippen LogP contribution in [0.5, 0.6) is 0 Å². The van der Waals surface area contributed by atoms with Crippen molar-refractivity contribution in [2.24, 2.45) is 15.7 Å². The number of carbonyl (C=O) groups is 2. The molecule has 0 spiro atoms. The molecule has 10 nitrogen and oxygen atoms in total. The first-order valence-electron chi connectivity index (χ1n) is 12.8. The minimum atomic E-state index is -1.12. The molecule has 1 aliphatic heterocycles. The average molecular weight is 526 g/mol. The first-order chi connectivity index (χ1) is 17.7. The van der Waals surface area contributed by atoms with Crippen LogP contribution >= 0.6 is 0 Å². The largest absolute Gasteiger partial charge is 0.444 e. The number of amides is 3. The van der Waals surface area contributed by atoms with Crippen molar-refractivity contribution in [1.82, 2.24) is 20.2 Å². The van der Waals surface area contributed by atoms with Gasteiger partial charge in [-0.2, -0.15) is 0 Å². The third-order valence-corrected chi connectivity index (χ3v) is 5.93. The number of nitrogens with two attached hydrogens (primary N) is 1. The number of hydrazine groups is 1. The van der Waals surface area contributed by atoms with Crippen LogP contribution in [-0.2, 0) is 4.74 Å². The summed E-state index contributed by atoms with van der Waals surface area (Å²) in [7, 11) is 1.66. The topological polar surface area (TPSA) is 116 Å². The van der Waals surface area contributed by atoms with Gasteiger partial charge >= 0.3 is 12.1 Å². The Morgan fingerprint density at radius 1 is 1.21 bits per heavy atom. The minimum absolute atomic E-state index is 0.0606. The Balaban J connectivity index is 2.43. The fourth-order valence-corrected chi connectivity index (χ4v) is 4.22. The molecule has 1 saturated heterocycles. The summed E-state index contributed by atoms with van der Waals surface area (Å²) >= 11 is 0. The molecule has 1 heterocycles. The Morgan fingerprint density at radius 3 is 2.39 bits per heavy atom. The summed E-state index contributed by atoms with van der Waals surface area (Å²) in [5.74, 6) is -0.0606. The first-order valence-corrected chi connectivity index (χ1v) is 12.8. The predicted molar refractivity (Wildman–Crippen MR) is 153 cm³/mol. The van der Waals surface area contributed by atoms with Crippen molar-refractivity contribution in [2.45, 2.75) is 71.7 Å². The van der Waals surface area contributed by atoms with Gasteiger partial charge in [0.05, 0.1) is 11.7 Å². The number of likely N-dealkylation sites (tertiary alicyclic amines) is 1. The van der Waals surface area contributed by atoms with Crippen molar-refractivity contribution in [3.05, 3.63) is 55.1 Å². The van der Waals surface area contributed by atoms with E-state index in [0.717, 1.165) is 5.56 Å². The number of piperidine rings is 1. The summed E-state index contributed by atoms with van der Waals surface area (Å²) in [6, 6.07) is 8.58. The molecule has 3 N–H and O–H groups in total. The highest BCUT2D eigenvalue weighted by molar-refractivity contribution is 5.99. The number of nitrogens with one attached hydrogen (secondary N) is 1. The molecule has 0 radical (unpaired) electrons. The predicted octanol–water partition coefficient (Wildman–Crippen LogP) is 4.61. The summed E-state index contributed by atoms with van der Waals surface area (Å²) in [6.07, 6.45) is 2.59. The fraction of sp³-hybridized carbons (Fsp3) is 0.500. The molecule has 208 valence electrons. The van der Waals surface area contributed by atoms with Crippen molar-refractivity contribution >= 4 is 29.5 Å². The van der Waals surface area contributed by atoms with Gasteiger partial charge < -0.3 is 15.4 Å². The molecular weight excluding hydrogens is 482 g/mol. The monoisotopic (exact) mass is 525 g/mol. The van der Waals surface area contributed by atoms with E-state index >= 15 is 0 Å². The Hall–Kier alpha value is -3.66. The minimum Gasteiger partial charge on any atom is -0.444 e. The molecule has 0 aromatic heterocycles. The van der Waals surface area contributed by atoms with Crippen LogP contribution in [-0.4, -0.2) is 76.0 Å². The zero-order valence-corrected chi connectivity index (χ0v) is 23.8. The smallest absolute Gasteiger partial charge is 0.410 e. The van der Waals surface area contributed by atoms with Gasteiger partial charge in [0.25, 0.3) is 0 Å². The lowest BCUT2D eigenvalue weighted by Gasteiger charge is -2.43. The normalized spacial score (nSPS) is 17.0. The molecule has 1 fully saturated rings. The van der Waals surface area contributed by atoms with E-state index in [9.17, 15) is 9.59 Å². The Labute approximate surface area is 226 Å².